The standard InChI is InChI=1S/C14H23N3O/c1-4-17(10-9-14(18)16(2)3)11-12-5-7-13(15)8-6-12/h5-8H,4,9-11,15H2,1-3H3. The first-order valence-electron chi connectivity index (χ1n) is 6.30. The molecule has 0 atom stereocenters. The van der Waals surface area contributed by atoms with Crippen LogP contribution in [-0.4, -0.2) is 42.9 Å². The molecule has 1 amide bonds. The first kappa shape index (κ1) is 14.5. The minimum absolute atomic E-state index is 0.172. The first-order chi connectivity index (χ1) is 8.52. The van der Waals surface area contributed by atoms with Gasteiger partial charge in [0.05, 0.1) is 0 Å². The van der Waals surface area contributed by atoms with E-state index < -0.39 is 0 Å². The van der Waals surface area contributed by atoms with Crippen molar-refractivity contribution in [1.29, 1.82) is 0 Å². The molecule has 1 aromatic carbocycles. The summed E-state index contributed by atoms with van der Waals surface area (Å²) in [6.45, 7) is 4.69. The van der Waals surface area contributed by atoms with Gasteiger partial charge in [-0.25, -0.2) is 0 Å². The summed E-state index contributed by atoms with van der Waals surface area (Å²) in [4.78, 5) is 15.4. The molecule has 0 aromatic heterocycles. The van der Waals surface area contributed by atoms with Crippen LogP contribution in [0, 0.1) is 0 Å². The first-order valence-corrected chi connectivity index (χ1v) is 6.30. The van der Waals surface area contributed by atoms with Crippen LogP contribution in [0.2, 0.25) is 0 Å². The lowest BCUT2D eigenvalue weighted by atomic mass is 10.2. The van der Waals surface area contributed by atoms with Gasteiger partial charge >= 0.3 is 0 Å². The molecule has 0 saturated heterocycles. The van der Waals surface area contributed by atoms with Crippen LogP contribution < -0.4 is 5.73 Å². The molecule has 0 heterocycles. The largest absolute Gasteiger partial charge is 0.399 e. The predicted molar refractivity (Wildman–Crippen MR) is 75.1 cm³/mol. The number of carbonyl (C=O) groups excluding carboxylic acids is 1. The molecule has 0 fully saturated rings. The lowest BCUT2D eigenvalue weighted by Crippen LogP contribution is -2.30. The molecule has 0 bridgehead atoms. The second-order valence-electron chi connectivity index (χ2n) is 4.65. The van der Waals surface area contributed by atoms with Gasteiger partial charge in [0, 0.05) is 39.3 Å². The molecule has 100 valence electrons. The Morgan fingerprint density at radius 2 is 1.83 bits per heavy atom. The van der Waals surface area contributed by atoms with Crippen LogP contribution in [0.15, 0.2) is 24.3 Å². The Balaban J connectivity index is 2.47. The van der Waals surface area contributed by atoms with E-state index in [0.29, 0.717) is 6.42 Å². The van der Waals surface area contributed by atoms with E-state index in [2.05, 4.69) is 11.8 Å². The third-order valence-corrected chi connectivity index (χ3v) is 2.97. The van der Waals surface area contributed by atoms with Gasteiger partial charge in [-0.3, -0.25) is 9.69 Å². The van der Waals surface area contributed by atoms with Crippen molar-refractivity contribution in [2.45, 2.75) is 19.9 Å². The summed E-state index contributed by atoms with van der Waals surface area (Å²) in [6.07, 6.45) is 0.565. The van der Waals surface area contributed by atoms with E-state index in [-0.39, 0.29) is 5.91 Å². The summed E-state index contributed by atoms with van der Waals surface area (Å²) < 4.78 is 0. The number of amides is 1. The van der Waals surface area contributed by atoms with Crippen LogP contribution in [0.5, 0.6) is 0 Å². The molecule has 18 heavy (non-hydrogen) atoms. The van der Waals surface area contributed by atoms with Crippen molar-refractivity contribution in [1.82, 2.24) is 9.80 Å². The molecule has 1 rings (SSSR count). The van der Waals surface area contributed by atoms with E-state index in [1.165, 1.54) is 5.56 Å². The topological polar surface area (TPSA) is 49.6 Å². The van der Waals surface area contributed by atoms with Gasteiger partial charge < -0.3 is 10.6 Å². The average Bonchev–Trinajstić information content (AvgIpc) is 2.36. The van der Waals surface area contributed by atoms with Crippen LogP contribution >= 0.6 is 0 Å². The number of carbonyl (C=O) groups is 1. The number of benzene rings is 1. The normalized spacial score (nSPS) is 10.7. The van der Waals surface area contributed by atoms with E-state index in [1.54, 1.807) is 19.0 Å². The molecular formula is C14H23N3O. The maximum absolute atomic E-state index is 11.5. The molecule has 0 aliphatic rings. The quantitative estimate of drug-likeness (QED) is 0.779. The van der Waals surface area contributed by atoms with Gasteiger partial charge in [-0.05, 0) is 24.2 Å². The highest BCUT2D eigenvalue weighted by molar-refractivity contribution is 5.75. The summed E-state index contributed by atoms with van der Waals surface area (Å²) in [5, 5.41) is 0. The average molecular weight is 249 g/mol. The lowest BCUT2D eigenvalue weighted by molar-refractivity contribution is -0.129. The van der Waals surface area contributed by atoms with Gasteiger partial charge in [0.2, 0.25) is 5.91 Å². The van der Waals surface area contributed by atoms with Crippen LogP contribution in [0.25, 0.3) is 0 Å². The van der Waals surface area contributed by atoms with Crippen LogP contribution in [0.3, 0.4) is 0 Å². The molecule has 1 aromatic rings. The van der Waals surface area contributed by atoms with Gasteiger partial charge in [0.1, 0.15) is 0 Å². The molecule has 4 heteroatoms. The Hall–Kier alpha value is -1.55. The van der Waals surface area contributed by atoms with Crippen molar-refractivity contribution in [3.63, 3.8) is 0 Å². The van der Waals surface area contributed by atoms with Gasteiger partial charge in [-0.1, -0.05) is 19.1 Å². The van der Waals surface area contributed by atoms with Gasteiger partial charge in [-0.15, -0.1) is 0 Å². The van der Waals surface area contributed by atoms with Gasteiger partial charge in [-0.2, -0.15) is 0 Å². The molecule has 0 radical (unpaired) electrons. The highest BCUT2D eigenvalue weighted by Crippen LogP contribution is 2.09. The van der Waals surface area contributed by atoms with Crippen molar-refractivity contribution < 1.29 is 4.79 Å². The molecule has 0 aliphatic carbocycles. The van der Waals surface area contributed by atoms with Crippen molar-refractivity contribution in [2.24, 2.45) is 0 Å². The number of nitrogens with two attached hydrogens (primary N) is 1. The molecular weight excluding hydrogens is 226 g/mol. The van der Waals surface area contributed by atoms with Crippen LogP contribution in [-0.2, 0) is 11.3 Å². The Bertz CT molecular complexity index is 373. The summed E-state index contributed by atoms with van der Waals surface area (Å²) in [5.74, 6) is 0.172. The second kappa shape index (κ2) is 7.01. The fourth-order valence-corrected chi connectivity index (χ4v) is 1.71. The zero-order valence-corrected chi connectivity index (χ0v) is 11.5. The van der Waals surface area contributed by atoms with E-state index in [9.17, 15) is 4.79 Å². The molecule has 4 nitrogen and oxygen atoms in total. The smallest absolute Gasteiger partial charge is 0.223 e. The van der Waals surface area contributed by atoms with E-state index in [0.717, 1.165) is 25.3 Å². The molecule has 0 saturated carbocycles. The van der Waals surface area contributed by atoms with E-state index in [1.807, 2.05) is 24.3 Å². The Labute approximate surface area is 109 Å². The van der Waals surface area contributed by atoms with Gasteiger partial charge in [0.25, 0.3) is 0 Å². The molecule has 0 aliphatic heterocycles. The second-order valence-corrected chi connectivity index (χ2v) is 4.65. The monoisotopic (exact) mass is 249 g/mol. The number of nitrogen functional groups attached to an aromatic ring is 1. The third kappa shape index (κ3) is 4.75. The zero-order chi connectivity index (χ0) is 13.5. The zero-order valence-electron chi connectivity index (χ0n) is 11.5. The summed E-state index contributed by atoms with van der Waals surface area (Å²) in [7, 11) is 3.58. The Morgan fingerprint density at radius 3 is 2.33 bits per heavy atom. The number of hydrogen-bond acceptors (Lipinski definition) is 3. The minimum Gasteiger partial charge on any atom is -0.399 e. The Morgan fingerprint density at radius 1 is 1.22 bits per heavy atom. The third-order valence-electron chi connectivity index (χ3n) is 2.97. The molecule has 0 spiro atoms. The van der Waals surface area contributed by atoms with Crippen molar-refractivity contribution >= 4 is 11.6 Å². The fourth-order valence-electron chi connectivity index (χ4n) is 1.71. The number of hydrogen-bond donors (Lipinski definition) is 1. The highest BCUT2D eigenvalue weighted by Gasteiger charge is 2.08. The van der Waals surface area contributed by atoms with Crippen LogP contribution in [0.1, 0.15) is 18.9 Å². The highest BCUT2D eigenvalue weighted by atomic mass is 16.2. The van der Waals surface area contributed by atoms with E-state index >= 15 is 0 Å². The fraction of sp³-hybridized carbons (Fsp3) is 0.500. The number of anilines is 1. The van der Waals surface area contributed by atoms with Crippen LogP contribution in [0.4, 0.5) is 5.69 Å². The maximum Gasteiger partial charge on any atom is 0.223 e. The maximum atomic E-state index is 11.5. The molecule has 0 unspecified atom stereocenters. The summed E-state index contributed by atoms with van der Waals surface area (Å²) in [5.41, 5.74) is 7.67. The van der Waals surface area contributed by atoms with Crippen molar-refractivity contribution in [3.8, 4) is 0 Å². The van der Waals surface area contributed by atoms with E-state index in [4.69, 9.17) is 5.73 Å². The summed E-state index contributed by atoms with van der Waals surface area (Å²) in [6, 6.07) is 7.89. The minimum atomic E-state index is 0.172. The molecule has 2 N–H and O–H groups in total. The lowest BCUT2D eigenvalue weighted by Gasteiger charge is -2.21. The van der Waals surface area contributed by atoms with Crippen molar-refractivity contribution in [2.75, 3.05) is 32.9 Å². The van der Waals surface area contributed by atoms with Gasteiger partial charge in [0.15, 0.2) is 0 Å². The number of nitrogens with zero attached hydrogens (tertiary/aromatic N) is 2. The predicted octanol–water partition coefficient (Wildman–Crippen LogP) is 1.57. The number of rotatable bonds is 6. The van der Waals surface area contributed by atoms with Crippen molar-refractivity contribution in [3.05, 3.63) is 29.8 Å². The SMILES string of the molecule is CCN(CCC(=O)N(C)C)Cc1ccc(N)cc1. The summed E-state index contributed by atoms with van der Waals surface area (Å²) >= 11 is 0. The Kier molecular flexibility index (Phi) is 5.65.